The monoisotopic (exact) mass is 287 g/mol. The lowest BCUT2D eigenvalue weighted by atomic mass is 9.90. The molecule has 0 radical (unpaired) electrons. The number of aryl methyl sites for hydroxylation is 2. The van der Waals surface area contributed by atoms with Crippen LogP contribution in [-0.4, -0.2) is 36.6 Å². The second-order valence-electron chi connectivity index (χ2n) is 6.17. The van der Waals surface area contributed by atoms with Crippen LogP contribution in [-0.2, 0) is 17.6 Å². The number of hydrogen-bond donors (Lipinski definition) is 0. The van der Waals surface area contributed by atoms with Crippen molar-refractivity contribution in [3.8, 4) is 0 Å². The fourth-order valence-corrected chi connectivity index (χ4v) is 3.44. The van der Waals surface area contributed by atoms with Gasteiger partial charge in [0.05, 0.1) is 6.10 Å². The Bertz CT molecular complexity index is 506. The van der Waals surface area contributed by atoms with Gasteiger partial charge in [-0.1, -0.05) is 6.07 Å². The van der Waals surface area contributed by atoms with Crippen molar-refractivity contribution in [2.45, 2.75) is 51.6 Å². The van der Waals surface area contributed by atoms with Gasteiger partial charge in [-0.3, -0.25) is 4.79 Å². The largest absolute Gasteiger partial charge is 0.376 e. The van der Waals surface area contributed by atoms with E-state index in [1.807, 2.05) is 17.9 Å². The number of carbonyl (C=O) groups is 1. The van der Waals surface area contributed by atoms with Crippen LogP contribution in [0, 0.1) is 0 Å². The van der Waals surface area contributed by atoms with Crippen molar-refractivity contribution in [1.82, 2.24) is 4.90 Å². The Morgan fingerprint density at radius 2 is 2.05 bits per heavy atom. The van der Waals surface area contributed by atoms with Crippen LogP contribution >= 0.6 is 0 Å². The van der Waals surface area contributed by atoms with E-state index in [0.29, 0.717) is 0 Å². The lowest BCUT2D eigenvalue weighted by Crippen LogP contribution is -2.37. The molecule has 0 aromatic heterocycles. The van der Waals surface area contributed by atoms with Crippen molar-refractivity contribution < 1.29 is 9.53 Å². The second-order valence-corrected chi connectivity index (χ2v) is 6.17. The van der Waals surface area contributed by atoms with E-state index < -0.39 is 0 Å². The summed E-state index contributed by atoms with van der Waals surface area (Å²) in [5.41, 5.74) is 3.65. The third-order valence-corrected chi connectivity index (χ3v) is 4.71. The highest BCUT2D eigenvalue weighted by Crippen LogP contribution is 2.23. The molecular formula is C18H25NO2. The summed E-state index contributed by atoms with van der Waals surface area (Å²) in [6.07, 6.45) is 7.24. The van der Waals surface area contributed by atoms with Gasteiger partial charge in [0.2, 0.25) is 0 Å². The van der Waals surface area contributed by atoms with Gasteiger partial charge in [0, 0.05) is 25.3 Å². The summed E-state index contributed by atoms with van der Waals surface area (Å²) < 4.78 is 5.67. The molecule has 3 heteroatoms. The SMILES string of the molecule is CCN(CC1CCCO1)C(=O)c1ccc2c(c1)CCCC2. The Kier molecular flexibility index (Phi) is 4.59. The molecule has 1 aliphatic heterocycles. The zero-order valence-corrected chi connectivity index (χ0v) is 12.9. The minimum atomic E-state index is 0.154. The number of hydrogen-bond acceptors (Lipinski definition) is 2. The molecule has 1 saturated heterocycles. The Hall–Kier alpha value is -1.35. The molecule has 1 atom stereocenters. The van der Waals surface area contributed by atoms with Crippen LogP contribution in [0.2, 0.25) is 0 Å². The van der Waals surface area contributed by atoms with Crippen LogP contribution < -0.4 is 0 Å². The molecule has 21 heavy (non-hydrogen) atoms. The summed E-state index contributed by atoms with van der Waals surface area (Å²) in [6, 6.07) is 6.28. The Balaban J connectivity index is 1.73. The molecule has 0 bridgehead atoms. The number of ether oxygens (including phenoxy) is 1. The van der Waals surface area contributed by atoms with E-state index in [1.54, 1.807) is 0 Å². The van der Waals surface area contributed by atoms with E-state index in [0.717, 1.165) is 50.9 Å². The summed E-state index contributed by atoms with van der Waals surface area (Å²) in [6.45, 7) is 4.36. The van der Waals surface area contributed by atoms with Gasteiger partial charge >= 0.3 is 0 Å². The average Bonchev–Trinajstić information content (AvgIpc) is 3.04. The zero-order chi connectivity index (χ0) is 14.7. The van der Waals surface area contributed by atoms with Crippen molar-refractivity contribution in [1.29, 1.82) is 0 Å². The number of amides is 1. The van der Waals surface area contributed by atoms with Crippen molar-refractivity contribution in [2.24, 2.45) is 0 Å². The summed E-state index contributed by atoms with van der Waals surface area (Å²) >= 11 is 0. The lowest BCUT2D eigenvalue weighted by molar-refractivity contribution is 0.0539. The molecule has 0 spiro atoms. The molecule has 3 rings (SSSR count). The standard InChI is InChI=1S/C18H25NO2/c1-2-19(13-17-8-5-11-21-17)18(20)16-10-9-14-6-3-4-7-15(14)12-16/h9-10,12,17H,2-8,11,13H2,1H3. The van der Waals surface area contributed by atoms with Crippen LogP contribution in [0.5, 0.6) is 0 Å². The van der Waals surface area contributed by atoms with Gasteiger partial charge in [0.1, 0.15) is 0 Å². The van der Waals surface area contributed by atoms with Gasteiger partial charge in [-0.2, -0.15) is 0 Å². The van der Waals surface area contributed by atoms with Gasteiger partial charge in [0.15, 0.2) is 0 Å². The molecule has 114 valence electrons. The number of likely N-dealkylation sites (N-methyl/N-ethyl adjacent to an activating group) is 1. The zero-order valence-electron chi connectivity index (χ0n) is 12.9. The fraction of sp³-hybridized carbons (Fsp3) is 0.611. The van der Waals surface area contributed by atoms with E-state index >= 15 is 0 Å². The maximum atomic E-state index is 12.7. The fourth-order valence-electron chi connectivity index (χ4n) is 3.44. The molecule has 2 aliphatic rings. The van der Waals surface area contributed by atoms with E-state index in [4.69, 9.17) is 4.74 Å². The number of benzene rings is 1. The van der Waals surface area contributed by atoms with Gasteiger partial charge in [-0.15, -0.1) is 0 Å². The summed E-state index contributed by atoms with van der Waals surface area (Å²) in [5.74, 6) is 0.154. The number of fused-ring (bicyclic) bond motifs is 1. The minimum Gasteiger partial charge on any atom is -0.376 e. The molecule has 1 heterocycles. The van der Waals surface area contributed by atoms with Crippen molar-refractivity contribution in [2.75, 3.05) is 19.7 Å². The normalized spacial score (nSPS) is 21.1. The van der Waals surface area contributed by atoms with Crippen LogP contribution in [0.1, 0.15) is 54.1 Å². The molecule has 1 unspecified atom stereocenters. The van der Waals surface area contributed by atoms with Crippen LogP contribution in [0.15, 0.2) is 18.2 Å². The Morgan fingerprint density at radius 1 is 1.24 bits per heavy atom. The molecule has 0 N–H and O–H groups in total. The van der Waals surface area contributed by atoms with E-state index in [9.17, 15) is 4.79 Å². The molecule has 0 saturated carbocycles. The van der Waals surface area contributed by atoms with Crippen molar-refractivity contribution in [3.05, 3.63) is 34.9 Å². The molecule has 1 aliphatic carbocycles. The second kappa shape index (κ2) is 6.61. The molecular weight excluding hydrogens is 262 g/mol. The third-order valence-electron chi connectivity index (χ3n) is 4.71. The van der Waals surface area contributed by atoms with Gasteiger partial charge < -0.3 is 9.64 Å². The molecule has 1 fully saturated rings. The number of carbonyl (C=O) groups excluding carboxylic acids is 1. The van der Waals surface area contributed by atoms with Gasteiger partial charge in [0.25, 0.3) is 5.91 Å². The van der Waals surface area contributed by atoms with E-state index in [-0.39, 0.29) is 12.0 Å². The highest BCUT2D eigenvalue weighted by Gasteiger charge is 2.23. The molecule has 1 aromatic rings. The number of nitrogens with zero attached hydrogens (tertiary/aromatic N) is 1. The topological polar surface area (TPSA) is 29.5 Å². The van der Waals surface area contributed by atoms with Crippen LogP contribution in [0.25, 0.3) is 0 Å². The Morgan fingerprint density at radius 3 is 2.76 bits per heavy atom. The maximum absolute atomic E-state index is 12.7. The highest BCUT2D eigenvalue weighted by molar-refractivity contribution is 5.94. The first-order valence-electron chi connectivity index (χ1n) is 8.30. The number of rotatable bonds is 4. The molecule has 1 amide bonds. The third kappa shape index (κ3) is 3.29. The predicted octanol–water partition coefficient (Wildman–Crippen LogP) is 3.21. The van der Waals surface area contributed by atoms with Crippen molar-refractivity contribution >= 4 is 5.91 Å². The van der Waals surface area contributed by atoms with Gasteiger partial charge in [-0.05, 0) is 68.7 Å². The first-order chi connectivity index (χ1) is 10.3. The first kappa shape index (κ1) is 14.6. The first-order valence-corrected chi connectivity index (χ1v) is 8.30. The lowest BCUT2D eigenvalue weighted by Gasteiger charge is -2.25. The quantitative estimate of drug-likeness (QED) is 0.851. The molecule has 1 aromatic carbocycles. The van der Waals surface area contributed by atoms with E-state index in [2.05, 4.69) is 12.1 Å². The minimum absolute atomic E-state index is 0.154. The summed E-state index contributed by atoms with van der Waals surface area (Å²) in [5, 5.41) is 0. The Labute approximate surface area is 127 Å². The summed E-state index contributed by atoms with van der Waals surface area (Å²) in [4.78, 5) is 14.7. The summed E-state index contributed by atoms with van der Waals surface area (Å²) in [7, 11) is 0. The van der Waals surface area contributed by atoms with Crippen molar-refractivity contribution in [3.63, 3.8) is 0 Å². The van der Waals surface area contributed by atoms with Crippen LogP contribution in [0.4, 0.5) is 0 Å². The predicted molar refractivity (Wildman–Crippen MR) is 83.6 cm³/mol. The van der Waals surface area contributed by atoms with Gasteiger partial charge in [-0.25, -0.2) is 0 Å². The highest BCUT2D eigenvalue weighted by atomic mass is 16.5. The average molecular weight is 287 g/mol. The smallest absolute Gasteiger partial charge is 0.253 e. The maximum Gasteiger partial charge on any atom is 0.253 e. The van der Waals surface area contributed by atoms with E-state index in [1.165, 1.54) is 24.0 Å². The van der Waals surface area contributed by atoms with Crippen LogP contribution in [0.3, 0.4) is 0 Å². The molecule has 3 nitrogen and oxygen atoms in total.